The Labute approximate surface area is 117 Å². The summed E-state index contributed by atoms with van der Waals surface area (Å²) in [7, 11) is 0. The smallest absolute Gasteiger partial charge is 0.306 e. The Kier molecular flexibility index (Phi) is 4.03. The van der Waals surface area contributed by atoms with Crippen LogP contribution in [0.15, 0.2) is 35.1 Å². The van der Waals surface area contributed by atoms with Crippen LogP contribution in [0.5, 0.6) is 0 Å². The lowest BCUT2D eigenvalue weighted by molar-refractivity contribution is 0.262. The average Bonchev–Trinajstić information content (AvgIpc) is 2.30. The van der Waals surface area contributed by atoms with Crippen LogP contribution in [-0.2, 0) is 0 Å². The van der Waals surface area contributed by atoms with Gasteiger partial charge in [0, 0.05) is 6.07 Å². The van der Waals surface area contributed by atoms with Gasteiger partial charge in [-0.15, -0.1) is 0 Å². The molecule has 6 nitrogen and oxygen atoms in total. The fourth-order valence-corrected chi connectivity index (χ4v) is 1.69. The zero-order valence-electron chi connectivity index (χ0n) is 9.41. The highest BCUT2D eigenvalue weighted by Gasteiger charge is 2.07. The van der Waals surface area contributed by atoms with E-state index in [0.717, 1.165) is 6.07 Å². The van der Waals surface area contributed by atoms with Crippen molar-refractivity contribution in [1.29, 1.82) is 0 Å². The van der Waals surface area contributed by atoms with E-state index < -0.39 is 11.6 Å². The third kappa shape index (κ3) is 3.70. The molecule has 0 aliphatic heterocycles. The van der Waals surface area contributed by atoms with Crippen molar-refractivity contribution in [2.75, 3.05) is 10.6 Å². The average molecular weight is 299 g/mol. The first-order valence-corrected chi connectivity index (χ1v) is 5.89. The molecule has 2 rings (SSSR count). The number of nitrogens with one attached hydrogen (secondary N) is 3. The largest absolute Gasteiger partial charge is 0.324 e. The van der Waals surface area contributed by atoms with Crippen LogP contribution in [0.2, 0.25) is 10.3 Å². The number of aromatic amines is 1. The minimum Gasteiger partial charge on any atom is -0.306 e. The van der Waals surface area contributed by atoms with Gasteiger partial charge in [0.05, 0.1) is 10.7 Å². The molecule has 0 aliphatic rings. The molecule has 0 fully saturated rings. The fourth-order valence-electron chi connectivity index (χ4n) is 1.32. The Bertz CT molecular complexity index is 672. The van der Waals surface area contributed by atoms with Crippen molar-refractivity contribution in [3.63, 3.8) is 0 Å². The highest BCUT2D eigenvalue weighted by molar-refractivity contribution is 6.33. The van der Waals surface area contributed by atoms with Crippen LogP contribution in [0, 0.1) is 0 Å². The Balaban J connectivity index is 2.10. The normalized spacial score (nSPS) is 10.0. The van der Waals surface area contributed by atoms with Crippen LogP contribution in [0.1, 0.15) is 0 Å². The van der Waals surface area contributed by atoms with Crippen molar-refractivity contribution < 1.29 is 4.79 Å². The second kappa shape index (κ2) is 5.73. The molecule has 0 aliphatic carbocycles. The molecule has 19 heavy (non-hydrogen) atoms. The Morgan fingerprint density at radius 1 is 1.21 bits per heavy atom. The van der Waals surface area contributed by atoms with Gasteiger partial charge in [0.2, 0.25) is 5.28 Å². The van der Waals surface area contributed by atoms with E-state index >= 15 is 0 Å². The van der Waals surface area contributed by atoms with Crippen LogP contribution in [0.25, 0.3) is 0 Å². The van der Waals surface area contributed by atoms with Gasteiger partial charge in [-0.05, 0) is 23.7 Å². The number of carbonyl (C=O) groups excluding carboxylic acids is 1. The summed E-state index contributed by atoms with van der Waals surface area (Å²) in [5, 5.41) is 5.18. The van der Waals surface area contributed by atoms with E-state index in [4.69, 9.17) is 23.2 Å². The first kappa shape index (κ1) is 13.4. The molecule has 0 saturated heterocycles. The van der Waals surface area contributed by atoms with Gasteiger partial charge in [-0.1, -0.05) is 23.7 Å². The molecule has 3 N–H and O–H groups in total. The quantitative estimate of drug-likeness (QED) is 0.745. The summed E-state index contributed by atoms with van der Waals surface area (Å²) in [6, 6.07) is 7.27. The van der Waals surface area contributed by atoms with Crippen LogP contribution < -0.4 is 16.2 Å². The van der Waals surface area contributed by atoms with Crippen molar-refractivity contribution in [1.82, 2.24) is 9.97 Å². The molecule has 1 aromatic heterocycles. The first-order chi connectivity index (χ1) is 9.04. The predicted octanol–water partition coefficient (Wildman–Crippen LogP) is 2.72. The second-order valence-electron chi connectivity index (χ2n) is 3.48. The summed E-state index contributed by atoms with van der Waals surface area (Å²) in [4.78, 5) is 28.8. The Hall–Kier alpha value is -2.05. The number of H-pyrrole nitrogens is 1. The van der Waals surface area contributed by atoms with E-state index in [1.165, 1.54) is 0 Å². The number of nitrogens with zero attached hydrogens (tertiary/aromatic N) is 1. The van der Waals surface area contributed by atoms with E-state index in [1.54, 1.807) is 24.3 Å². The van der Waals surface area contributed by atoms with Crippen LogP contribution in [0.4, 0.5) is 16.3 Å². The van der Waals surface area contributed by atoms with Gasteiger partial charge in [0.15, 0.2) is 0 Å². The predicted molar refractivity (Wildman–Crippen MR) is 74.0 cm³/mol. The maximum absolute atomic E-state index is 11.7. The summed E-state index contributed by atoms with van der Waals surface area (Å²) < 4.78 is 0. The lowest BCUT2D eigenvalue weighted by Crippen LogP contribution is -2.21. The van der Waals surface area contributed by atoms with Crippen molar-refractivity contribution in [3.8, 4) is 0 Å². The summed E-state index contributed by atoms with van der Waals surface area (Å²) >= 11 is 11.4. The number of aromatic nitrogens is 2. The topological polar surface area (TPSA) is 86.9 Å². The molecule has 1 heterocycles. The van der Waals surface area contributed by atoms with Gasteiger partial charge >= 0.3 is 6.03 Å². The van der Waals surface area contributed by atoms with E-state index in [0.29, 0.717) is 10.7 Å². The summed E-state index contributed by atoms with van der Waals surface area (Å²) in [6.07, 6.45) is 0. The first-order valence-electron chi connectivity index (χ1n) is 5.14. The number of halogens is 2. The van der Waals surface area contributed by atoms with Crippen LogP contribution >= 0.6 is 23.2 Å². The molecule has 0 spiro atoms. The molecule has 0 unspecified atom stereocenters. The summed E-state index contributed by atoms with van der Waals surface area (Å²) in [5.41, 5.74) is -0.0225. The van der Waals surface area contributed by atoms with E-state index in [9.17, 15) is 9.59 Å². The highest BCUT2D eigenvalue weighted by Crippen LogP contribution is 2.20. The van der Waals surface area contributed by atoms with Gasteiger partial charge in [-0.3, -0.25) is 15.1 Å². The van der Waals surface area contributed by atoms with Crippen LogP contribution in [0.3, 0.4) is 0 Å². The van der Waals surface area contributed by atoms with Crippen molar-refractivity contribution in [2.24, 2.45) is 0 Å². The van der Waals surface area contributed by atoms with Gasteiger partial charge in [-0.25, -0.2) is 9.78 Å². The van der Waals surface area contributed by atoms with Crippen molar-refractivity contribution in [2.45, 2.75) is 0 Å². The number of para-hydroxylation sites is 1. The number of hydrogen-bond acceptors (Lipinski definition) is 3. The molecule has 1 aromatic carbocycles. The molecule has 0 saturated carbocycles. The maximum atomic E-state index is 11.7. The molecule has 8 heteroatoms. The van der Waals surface area contributed by atoms with Crippen LogP contribution in [-0.4, -0.2) is 16.0 Å². The molecule has 98 valence electrons. The minimum atomic E-state index is -0.581. The lowest BCUT2D eigenvalue weighted by Gasteiger charge is -2.08. The lowest BCUT2D eigenvalue weighted by atomic mass is 10.3. The number of benzene rings is 1. The fraction of sp³-hybridized carbons (Fsp3) is 0. The van der Waals surface area contributed by atoms with E-state index in [1.807, 2.05) is 0 Å². The number of anilines is 2. The zero-order valence-corrected chi connectivity index (χ0v) is 10.9. The molecular weight excluding hydrogens is 291 g/mol. The molecule has 2 aromatic rings. The SMILES string of the molecule is O=C(Nc1cc(=O)[nH]c(Cl)n1)Nc1ccccc1Cl. The zero-order chi connectivity index (χ0) is 13.8. The number of amides is 2. The summed E-state index contributed by atoms with van der Waals surface area (Å²) in [5.74, 6) is 0.0401. The van der Waals surface area contributed by atoms with E-state index in [2.05, 4.69) is 20.6 Å². The van der Waals surface area contributed by atoms with Crippen molar-refractivity contribution >= 4 is 40.7 Å². The molecule has 2 amide bonds. The highest BCUT2D eigenvalue weighted by atomic mass is 35.5. The van der Waals surface area contributed by atoms with Gasteiger partial charge in [0.25, 0.3) is 5.56 Å². The minimum absolute atomic E-state index is 0.0401. The summed E-state index contributed by atoms with van der Waals surface area (Å²) in [6.45, 7) is 0. The van der Waals surface area contributed by atoms with Crippen molar-refractivity contribution in [3.05, 3.63) is 51.0 Å². The third-order valence-corrected chi connectivity index (χ3v) is 2.59. The Morgan fingerprint density at radius 3 is 2.63 bits per heavy atom. The van der Waals surface area contributed by atoms with Gasteiger partial charge in [-0.2, -0.15) is 0 Å². The number of carbonyl (C=O) groups is 1. The second-order valence-corrected chi connectivity index (χ2v) is 4.25. The number of rotatable bonds is 2. The van der Waals surface area contributed by atoms with Gasteiger partial charge < -0.3 is 5.32 Å². The number of urea groups is 1. The molecule has 0 atom stereocenters. The standard InChI is InChI=1S/C11H8Cl2N4O2/c12-6-3-1-2-4-7(6)14-11(19)16-8-5-9(18)17-10(13)15-8/h1-5H,(H3,14,15,16,17,18,19). The third-order valence-electron chi connectivity index (χ3n) is 2.08. The van der Waals surface area contributed by atoms with Gasteiger partial charge in [0.1, 0.15) is 5.82 Å². The number of hydrogen-bond donors (Lipinski definition) is 3. The molecular formula is C11H8Cl2N4O2. The van der Waals surface area contributed by atoms with E-state index in [-0.39, 0.29) is 11.1 Å². The maximum Gasteiger partial charge on any atom is 0.324 e. The monoisotopic (exact) mass is 298 g/mol. The Morgan fingerprint density at radius 2 is 1.95 bits per heavy atom. The molecule has 0 bridgehead atoms. The molecule has 0 radical (unpaired) electrons.